The summed E-state index contributed by atoms with van der Waals surface area (Å²) in [5.41, 5.74) is 3.21. The van der Waals surface area contributed by atoms with Crippen molar-refractivity contribution in [1.82, 2.24) is 4.57 Å². The molecule has 2 aromatic carbocycles. The molecule has 1 heterocycles. The third-order valence-electron chi connectivity index (χ3n) is 5.02. The van der Waals surface area contributed by atoms with E-state index in [1.54, 1.807) is 13.2 Å². The van der Waals surface area contributed by atoms with E-state index in [4.69, 9.17) is 4.74 Å². The van der Waals surface area contributed by atoms with Gasteiger partial charge in [0, 0.05) is 18.1 Å². The van der Waals surface area contributed by atoms with Crippen LogP contribution in [0, 0.1) is 5.82 Å². The van der Waals surface area contributed by atoms with Gasteiger partial charge in [-0.3, -0.25) is 0 Å². The largest absolute Gasteiger partial charge is 0.496 e. The van der Waals surface area contributed by atoms with Crippen LogP contribution >= 0.6 is 0 Å². The van der Waals surface area contributed by atoms with Gasteiger partial charge in [0.2, 0.25) is 0 Å². The SMILES string of the molecule is CCn1cc(CCCC(C)c2ccccc2)c2c(OC)ccc(F)c21. The highest BCUT2D eigenvalue weighted by Crippen LogP contribution is 2.34. The summed E-state index contributed by atoms with van der Waals surface area (Å²) in [6.07, 6.45) is 5.20. The summed E-state index contributed by atoms with van der Waals surface area (Å²) < 4.78 is 21.8. The topological polar surface area (TPSA) is 14.2 Å². The van der Waals surface area contributed by atoms with Crippen molar-refractivity contribution >= 4 is 10.9 Å². The highest BCUT2D eigenvalue weighted by molar-refractivity contribution is 5.90. The first-order chi connectivity index (χ1) is 12.2. The maximum atomic E-state index is 14.4. The zero-order valence-electron chi connectivity index (χ0n) is 15.3. The average molecular weight is 339 g/mol. The molecule has 0 aliphatic rings. The molecule has 0 amide bonds. The van der Waals surface area contributed by atoms with E-state index in [1.807, 2.05) is 11.5 Å². The zero-order chi connectivity index (χ0) is 17.8. The molecule has 0 N–H and O–H groups in total. The minimum absolute atomic E-state index is 0.179. The summed E-state index contributed by atoms with van der Waals surface area (Å²) in [7, 11) is 1.65. The van der Waals surface area contributed by atoms with E-state index < -0.39 is 0 Å². The van der Waals surface area contributed by atoms with E-state index >= 15 is 0 Å². The number of benzene rings is 2. The van der Waals surface area contributed by atoms with Crippen LogP contribution in [0.1, 0.15) is 43.7 Å². The van der Waals surface area contributed by atoms with E-state index in [0.717, 1.165) is 36.9 Å². The number of nitrogens with zero attached hydrogens (tertiary/aromatic N) is 1. The van der Waals surface area contributed by atoms with Crippen molar-refractivity contribution in [3.05, 3.63) is 65.6 Å². The normalized spacial score (nSPS) is 12.5. The van der Waals surface area contributed by atoms with E-state index in [2.05, 4.69) is 43.5 Å². The maximum absolute atomic E-state index is 14.4. The van der Waals surface area contributed by atoms with Crippen LogP contribution in [0.3, 0.4) is 0 Å². The van der Waals surface area contributed by atoms with Gasteiger partial charge < -0.3 is 9.30 Å². The highest BCUT2D eigenvalue weighted by Gasteiger charge is 2.16. The predicted molar refractivity (Wildman–Crippen MR) is 102 cm³/mol. The third-order valence-corrected chi connectivity index (χ3v) is 5.02. The van der Waals surface area contributed by atoms with Gasteiger partial charge >= 0.3 is 0 Å². The molecule has 0 bridgehead atoms. The van der Waals surface area contributed by atoms with Crippen LogP contribution < -0.4 is 4.74 Å². The fourth-order valence-electron chi connectivity index (χ4n) is 3.61. The first kappa shape index (κ1) is 17.5. The lowest BCUT2D eigenvalue weighted by molar-refractivity contribution is 0.419. The number of rotatable bonds is 7. The molecule has 0 aliphatic heterocycles. The van der Waals surface area contributed by atoms with Crippen LogP contribution in [0.25, 0.3) is 10.9 Å². The van der Waals surface area contributed by atoms with Gasteiger partial charge in [-0.1, -0.05) is 37.3 Å². The number of aryl methyl sites for hydroxylation is 2. The molecular weight excluding hydrogens is 313 g/mol. The van der Waals surface area contributed by atoms with Gasteiger partial charge in [0.05, 0.1) is 12.6 Å². The fourth-order valence-corrected chi connectivity index (χ4v) is 3.61. The second-order valence-corrected chi connectivity index (χ2v) is 6.62. The van der Waals surface area contributed by atoms with E-state index in [0.29, 0.717) is 11.4 Å². The molecule has 0 saturated heterocycles. The summed E-state index contributed by atoms with van der Waals surface area (Å²) in [4.78, 5) is 0. The lowest BCUT2D eigenvalue weighted by atomic mass is 9.94. The van der Waals surface area contributed by atoms with E-state index in [9.17, 15) is 4.39 Å². The second kappa shape index (κ2) is 7.73. The quantitative estimate of drug-likeness (QED) is 0.520. The van der Waals surface area contributed by atoms with E-state index in [1.165, 1.54) is 17.2 Å². The first-order valence-corrected chi connectivity index (χ1v) is 9.04. The molecule has 0 saturated carbocycles. The lowest BCUT2D eigenvalue weighted by Crippen LogP contribution is -1.95. The molecule has 1 unspecified atom stereocenters. The summed E-state index contributed by atoms with van der Waals surface area (Å²) in [6.45, 7) is 5.06. The fraction of sp³-hybridized carbons (Fsp3) is 0.364. The minimum atomic E-state index is -0.179. The van der Waals surface area contributed by atoms with Crippen LogP contribution in [0.2, 0.25) is 0 Å². The highest BCUT2D eigenvalue weighted by atomic mass is 19.1. The van der Waals surface area contributed by atoms with Crippen molar-refractivity contribution in [3.63, 3.8) is 0 Å². The Kier molecular flexibility index (Phi) is 5.42. The summed E-state index contributed by atoms with van der Waals surface area (Å²) >= 11 is 0. The third kappa shape index (κ3) is 3.55. The number of hydrogen-bond donors (Lipinski definition) is 0. The molecule has 25 heavy (non-hydrogen) atoms. The first-order valence-electron chi connectivity index (χ1n) is 9.04. The Labute approximate surface area is 149 Å². The number of halogens is 1. The van der Waals surface area contributed by atoms with Crippen molar-refractivity contribution in [2.45, 2.75) is 45.6 Å². The van der Waals surface area contributed by atoms with Crippen LogP contribution in [-0.4, -0.2) is 11.7 Å². The number of hydrogen-bond acceptors (Lipinski definition) is 1. The van der Waals surface area contributed by atoms with Crippen LogP contribution in [0.4, 0.5) is 4.39 Å². The van der Waals surface area contributed by atoms with Gasteiger partial charge in [0.1, 0.15) is 11.6 Å². The molecule has 0 radical (unpaired) electrons. The second-order valence-electron chi connectivity index (χ2n) is 6.62. The van der Waals surface area contributed by atoms with Gasteiger partial charge in [-0.05, 0) is 55.4 Å². The van der Waals surface area contributed by atoms with Crippen molar-refractivity contribution in [2.24, 2.45) is 0 Å². The molecule has 3 heteroatoms. The summed E-state index contributed by atoms with van der Waals surface area (Å²) in [5, 5.41) is 0.928. The smallest absolute Gasteiger partial charge is 0.147 e. The van der Waals surface area contributed by atoms with Crippen molar-refractivity contribution < 1.29 is 9.13 Å². The monoisotopic (exact) mass is 339 g/mol. The molecule has 2 nitrogen and oxygen atoms in total. The van der Waals surface area contributed by atoms with Gasteiger partial charge in [0.25, 0.3) is 0 Å². The van der Waals surface area contributed by atoms with Crippen molar-refractivity contribution in [2.75, 3.05) is 7.11 Å². The molecular formula is C22H26FNO. The molecule has 0 aliphatic carbocycles. The van der Waals surface area contributed by atoms with Gasteiger partial charge in [-0.15, -0.1) is 0 Å². The van der Waals surface area contributed by atoms with Crippen molar-refractivity contribution in [1.29, 1.82) is 0 Å². The summed E-state index contributed by atoms with van der Waals surface area (Å²) in [5.74, 6) is 1.11. The Morgan fingerprint density at radius 1 is 1.12 bits per heavy atom. The number of ether oxygens (including phenoxy) is 1. The maximum Gasteiger partial charge on any atom is 0.147 e. The standard InChI is InChI=1S/C22H26FNO/c1-4-24-15-18(21-20(25-3)14-13-19(23)22(21)24)12-8-9-16(2)17-10-6-5-7-11-17/h5-7,10-11,13-16H,4,8-9,12H2,1-3H3. The Morgan fingerprint density at radius 2 is 1.88 bits per heavy atom. The number of fused-ring (bicyclic) bond motifs is 1. The van der Waals surface area contributed by atoms with Gasteiger partial charge in [0.15, 0.2) is 0 Å². The minimum Gasteiger partial charge on any atom is -0.496 e. The molecule has 3 aromatic rings. The molecule has 0 fully saturated rings. The number of aromatic nitrogens is 1. The van der Waals surface area contributed by atoms with Crippen LogP contribution in [0.5, 0.6) is 5.75 Å². The number of methoxy groups -OCH3 is 1. The van der Waals surface area contributed by atoms with Gasteiger partial charge in [-0.25, -0.2) is 4.39 Å². The Balaban J connectivity index is 1.81. The van der Waals surface area contributed by atoms with Crippen molar-refractivity contribution in [3.8, 4) is 5.75 Å². The molecule has 132 valence electrons. The lowest BCUT2D eigenvalue weighted by Gasteiger charge is -2.11. The Hall–Kier alpha value is -2.29. The van der Waals surface area contributed by atoms with Crippen LogP contribution in [0.15, 0.2) is 48.7 Å². The summed E-state index contributed by atoms with van der Waals surface area (Å²) in [6, 6.07) is 13.8. The average Bonchev–Trinajstić information content (AvgIpc) is 3.02. The molecule has 1 aromatic heterocycles. The molecule has 3 rings (SSSR count). The molecule has 1 atom stereocenters. The Bertz CT molecular complexity index is 838. The van der Waals surface area contributed by atoms with Gasteiger partial charge in [-0.2, -0.15) is 0 Å². The Morgan fingerprint density at radius 3 is 2.56 bits per heavy atom. The molecule has 0 spiro atoms. The van der Waals surface area contributed by atoms with Crippen LogP contribution in [-0.2, 0) is 13.0 Å². The predicted octanol–water partition coefficient (Wildman–Crippen LogP) is 5.94. The van der Waals surface area contributed by atoms with E-state index in [-0.39, 0.29) is 5.82 Å². The zero-order valence-corrected chi connectivity index (χ0v) is 15.3.